The lowest BCUT2D eigenvalue weighted by Crippen LogP contribution is -1.95. The number of aryl methyl sites for hydroxylation is 2. The van der Waals surface area contributed by atoms with Gasteiger partial charge in [0.1, 0.15) is 0 Å². The lowest BCUT2D eigenvalue weighted by molar-refractivity contribution is 1.19. The van der Waals surface area contributed by atoms with Crippen LogP contribution in [0.5, 0.6) is 0 Å². The summed E-state index contributed by atoms with van der Waals surface area (Å²) in [5, 5.41) is 2.47. The first-order valence-electron chi connectivity index (χ1n) is 12.8. The van der Waals surface area contributed by atoms with Crippen molar-refractivity contribution in [1.82, 2.24) is 19.9 Å². The van der Waals surface area contributed by atoms with Gasteiger partial charge in [0.15, 0.2) is 0 Å². The zero-order valence-electron chi connectivity index (χ0n) is 21.0. The first-order chi connectivity index (χ1) is 18.7. The number of aromatic nitrogens is 4. The molecule has 0 aliphatic heterocycles. The summed E-state index contributed by atoms with van der Waals surface area (Å²) < 4.78 is 0. The highest BCUT2D eigenvalue weighted by atomic mass is 14.8. The van der Waals surface area contributed by atoms with E-state index in [4.69, 9.17) is 19.9 Å². The highest BCUT2D eigenvalue weighted by molar-refractivity contribution is 6.19. The maximum atomic E-state index is 5.03. The van der Waals surface area contributed by atoms with Crippen LogP contribution in [0.4, 0.5) is 0 Å². The number of fused-ring (bicyclic) bond motifs is 5. The van der Waals surface area contributed by atoms with Crippen LogP contribution in [-0.2, 0) is 0 Å². The predicted octanol–water partition coefficient (Wildman–Crippen LogP) is 8.32. The number of hydrogen-bond donors (Lipinski definition) is 0. The van der Waals surface area contributed by atoms with Crippen LogP contribution in [-0.4, -0.2) is 19.9 Å². The normalized spacial score (nSPS) is 11.9. The lowest BCUT2D eigenvalue weighted by Gasteiger charge is -2.11. The van der Waals surface area contributed by atoms with Crippen molar-refractivity contribution in [1.29, 1.82) is 0 Å². The second-order valence-electron chi connectivity index (χ2n) is 9.94. The Morgan fingerprint density at radius 2 is 0.974 bits per heavy atom. The summed E-state index contributed by atoms with van der Waals surface area (Å²) in [6.07, 6.45) is 0. The molecule has 0 N–H and O–H groups in total. The van der Waals surface area contributed by atoms with Crippen LogP contribution in [0.2, 0.25) is 0 Å². The topological polar surface area (TPSA) is 51.6 Å². The van der Waals surface area contributed by atoms with Crippen LogP contribution < -0.4 is 0 Å². The van der Waals surface area contributed by atoms with E-state index < -0.39 is 0 Å². The molecule has 0 unspecified atom stereocenters. The molecule has 0 radical (unpaired) electrons. The summed E-state index contributed by atoms with van der Waals surface area (Å²) in [7, 11) is 0. The standard InChI is InChI=1S/C34H22N4/c1-19-33(37-30-12-5-3-10-28(30)35-19)21-14-15-22-25-16-17-26(23-8-7-9-24(32(23)25)27(22)18-21)34-20(2)36-29-11-4-6-13-31(29)38-34/h3-18H,1-2H3. The van der Waals surface area contributed by atoms with Crippen molar-refractivity contribution in [2.45, 2.75) is 13.8 Å². The van der Waals surface area contributed by atoms with Gasteiger partial charge in [0, 0.05) is 11.1 Å². The molecule has 4 heteroatoms. The molecule has 8 rings (SSSR count). The molecule has 2 heterocycles. The van der Waals surface area contributed by atoms with Crippen LogP contribution in [0.25, 0.3) is 77.6 Å². The average Bonchev–Trinajstić information content (AvgIpc) is 3.27. The van der Waals surface area contributed by atoms with Crippen LogP contribution in [0.3, 0.4) is 0 Å². The number of nitrogens with zero attached hydrogens (tertiary/aromatic N) is 4. The van der Waals surface area contributed by atoms with Gasteiger partial charge in [-0.05, 0) is 77.2 Å². The van der Waals surface area contributed by atoms with Crippen LogP contribution >= 0.6 is 0 Å². The van der Waals surface area contributed by atoms with E-state index in [1.54, 1.807) is 0 Å². The molecule has 38 heavy (non-hydrogen) atoms. The van der Waals surface area contributed by atoms with Crippen molar-refractivity contribution in [3.63, 3.8) is 0 Å². The number of rotatable bonds is 2. The molecule has 7 aromatic rings. The summed E-state index contributed by atoms with van der Waals surface area (Å²) in [6, 6.07) is 33.8. The number of hydrogen-bond acceptors (Lipinski definition) is 4. The SMILES string of the molecule is Cc1nc2ccccc2nc1-c1ccc2c(c1)-c1cccc3c(-c4nc5ccccc5nc4C)ccc-2c13. The molecule has 2 aromatic heterocycles. The monoisotopic (exact) mass is 486 g/mol. The van der Waals surface area contributed by atoms with Crippen molar-refractivity contribution in [2.24, 2.45) is 0 Å². The van der Waals surface area contributed by atoms with E-state index >= 15 is 0 Å². The molecule has 1 aliphatic rings. The molecular formula is C34H22N4. The van der Waals surface area contributed by atoms with Crippen molar-refractivity contribution < 1.29 is 0 Å². The Hall–Kier alpha value is -4.96. The zero-order chi connectivity index (χ0) is 25.4. The molecule has 178 valence electrons. The Kier molecular flexibility index (Phi) is 4.32. The minimum absolute atomic E-state index is 0.912. The molecule has 0 spiro atoms. The van der Waals surface area contributed by atoms with Gasteiger partial charge in [0.2, 0.25) is 0 Å². The predicted molar refractivity (Wildman–Crippen MR) is 155 cm³/mol. The van der Waals surface area contributed by atoms with Gasteiger partial charge in [-0.25, -0.2) is 19.9 Å². The van der Waals surface area contributed by atoms with Crippen LogP contribution in [0.1, 0.15) is 11.4 Å². The molecule has 0 bridgehead atoms. The minimum Gasteiger partial charge on any atom is -0.249 e. The highest BCUT2D eigenvalue weighted by Crippen LogP contribution is 2.50. The first-order valence-corrected chi connectivity index (χ1v) is 12.8. The minimum atomic E-state index is 0.912. The molecule has 5 aromatic carbocycles. The Labute approximate surface area is 219 Å². The Morgan fingerprint density at radius 1 is 0.421 bits per heavy atom. The fourth-order valence-corrected chi connectivity index (χ4v) is 5.92. The van der Waals surface area contributed by atoms with Gasteiger partial charge in [0.25, 0.3) is 0 Å². The van der Waals surface area contributed by atoms with E-state index in [0.29, 0.717) is 0 Å². The van der Waals surface area contributed by atoms with Crippen molar-refractivity contribution in [3.8, 4) is 44.8 Å². The summed E-state index contributed by atoms with van der Waals surface area (Å²) in [4.78, 5) is 19.7. The van der Waals surface area contributed by atoms with E-state index in [2.05, 4.69) is 48.5 Å². The van der Waals surface area contributed by atoms with Gasteiger partial charge in [-0.3, -0.25) is 0 Å². The van der Waals surface area contributed by atoms with Gasteiger partial charge in [-0.15, -0.1) is 0 Å². The van der Waals surface area contributed by atoms with Crippen LogP contribution in [0, 0.1) is 13.8 Å². The van der Waals surface area contributed by atoms with Gasteiger partial charge >= 0.3 is 0 Å². The zero-order valence-corrected chi connectivity index (χ0v) is 21.0. The largest absolute Gasteiger partial charge is 0.249 e. The molecule has 0 saturated heterocycles. The molecule has 0 atom stereocenters. The van der Waals surface area contributed by atoms with Gasteiger partial charge in [-0.2, -0.15) is 0 Å². The maximum absolute atomic E-state index is 5.03. The summed E-state index contributed by atoms with van der Waals surface area (Å²) in [6.45, 7) is 4.09. The van der Waals surface area contributed by atoms with E-state index in [1.165, 1.54) is 33.0 Å². The molecule has 1 aliphatic carbocycles. The third-order valence-corrected chi connectivity index (χ3v) is 7.66. The van der Waals surface area contributed by atoms with Crippen molar-refractivity contribution in [2.75, 3.05) is 0 Å². The van der Waals surface area contributed by atoms with Gasteiger partial charge in [0.05, 0.1) is 44.8 Å². The summed E-state index contributed by atoms with van der Waals surface area (Å²) in [5.41, 5.74) is 14.6. The number of para-hydroxylation sites is 4. The fraction of sp³-hybridized carbons (Fsp3) is 0.0588. The molecular weight excluding hydrogens is 464 g/mol. The quantitative estimate of drug-likeness (QED) is 0.246. The first kappa shape index (κ1) is 21.2. The van der Waals surface area contributed by atoms with E-state index in [-0.39, 0.29) is 0 Å². The molecule has 0 amide bonds. The van der Waals surface area contributed by atoms with E-state index in [0.717, 1.165) is 56.0 Å². The summed E-state index contributed by atoms with van der Waals surface area (Å²) in [5.74, 6) is 0. The summed E-state index contributed by atoms with van der Waals surface area (Å²) >= 11 is 0. The van der Waals surface area contributed by atoms with E-state index in [1.807, 2.05) is 62.4 Å². The fourth-order valence-electron chi connectivity index (χ4n) is 5.92. The van der Waals surface area contributed by atoms with Gasteiger partial charge < -0.3 is 0 Å². The van der Waals surface area contributed by atoms with Gasteiger partial charge in [-0.1, -0.05) is 66.7 Å². The third kappa shape index (κ3) is 2.97. The van der Waals surface area contributed by atoms with Crippen molar-refractivity contribution in [3.05, 3.63) is 108 Å². The highest BCUT2D eigenvalue weighted by Gasteiger charge is 2.24. The molecule has 4 nitrogen and oxygen atoms in total. The van der Waals surface area contributed by atoms with E-state index in [9.17, 15) is 0 Å². The Balaban J connectivity index is 1.33. The molecule has 0 fully saturated rings. The third-order valence-electron chi connectivity index (χ3n) is 7.66. The lowest BCUT2D eigenvalue weighted by atomic mass is 9.96. The Morgan fingerprint density at radius 3 is 1.68 bits per heavy atom. The van der Waals surface area contributed by atoms with Crippen molar-refractivity contribution >= 4 is 32.8 Å². The molecule has 0 saturated carbocycles. The smallest absolute Gasteiger partial charge is 0.0928 e. The van der Waals surface area contributed by atoms with Crippen LogP contribution in [0.15, 0.2) is 97.1 Å². The Bertz CT molecular complexity index is 2110. The second-order valence-corrected chi connectivity index (χ2v) is 9.94. The second kappa shape index (κ2) is 7.77. The average molecular weight is 487 g/mol. The maximum Gasteiger partial charge on any atom is 0.0928 e. The number of benzene rings is 5.